The highest BCUT2D eigenvalue weighted by molar-refractivity contribution is 7.99. The molecule has 0 fully saturated rings. The number of carbonyl (C=O) groups is 1. The van der Waals surface area contributed by atoms with E-state index in [0.29, 0.717) is 28.8 Å². The quantitative estimate of drug-likeness (QED) is 0.701. The Balaban J connectivity index is 1.62. The average Bonchev–Trinajstić information content (AvgIpc) is 2.62. The number of carbonyl (C=O) groups excluding carboxylic acids is 1. The summed E-state index contributed by atoms with van der Waals surface area (Å²) in [5.74, 6) is 1.11. The molecule has 5 nitrogen and oxygen atoms in total. The summed E-state index contributed by atoms with van der Waals surface area (Å²) in [5.41, 5.74) is 4.19. The number of rotatable bonds is 6. The third kappa shape index (κ3) is 4.77. The second kappa shape index (κ2) is 8.39. The number of aryl methyl sites for hydroxylation is 1. The van der Waals surface area contributed by atoms with Crippen LogP contribution in [0.15, 0.2) is 53.5 Å². The lowest BCUT2D eigenvalue weighted by molar-refractivity contribution is -0.113. The van der Waals surface area contributed by atoms with Gasteiger partial charge in [-0.2, -0.15) is 0 Å². The number of hydrogen-bond acceptors (Lipinski definition) is 4. The topological polar surface area (TPSA) is 63.5 Å². The summed E-state index contributed by atoms with van der Waals surface area (Å²) in [6.45, 7) is 6.14. The molecule has 6 heteroatoms. The fourth-order valence-electron chi connectivity index (χ4n) is 2.88. The van der Waals surface area contributed by atoms with E-state index in [1.165, 1.54) is 17.8 Å². The number of amides is 1. The molecular formula is C21H23N3O2S. The van der Waals surface area contributed by atoms with Crippen LogP contribution in [0.1, 0.15) is 36.6 Å². The van der Waals surface area contributed by atoms with E-state index >= 15 is 0 Å². The largest absolute Gasteiger partial charge is 0.325 e. The van der Waals surface area contributed by atoms with Crippen LogP contribution in [0, 0.1) is 6.92 Å². The summed E-state index contributed by atoms with van der Waals surface area (Å²) in [4.78, 5) is 29.0. The number of nitrogens with one attached hydrogen (secondary N) is 1. The molecule has 1 N–H and O–H groups in total. The van der Waals surface area contributed by atoms with Gasteiger partial charge in [-0.05, 0) is 36.1 Å². The first-order valence-corrected chi connectivity index (χ1v) is 10.0. The maximum Gasteiger partial charge on any atom is 0.258 e. The van der Waals surface area contributed by atoms with Gasteiger partial charge in [0.1, 0.15) is 5.65 Å². The van der Waals surface area contributed by atoms with Crippen molar-refractivity contribution in [1.29, 1.82) is 0 Å². The highest BCUT2D eigenvalue weighted by Gasteiger charge is 2.10. The average molecular weight is 382 g/mol. The van der Waals surface area contributed by atoms with Crippen molar-refractivity contribution in [2.45, 2.75) is 32.4 Å². The molecular weight excluding hydrogens is 358 g/mol. The fourth-order valence-corrected chi connectivity index (χ4v) is 3.60. The maximum atomic E-state index is 12.3. The molecule has 2 aromatic heterocycles. The molecule has 140 valence electrons. The number of benzene rings is 1. The van der Waals surface area contributed by atoms with Crippen molar-refractivity contribution in [2.75, 3.05) is 11.1 Å². The van der Waals surface area contributed by atoms with E-state index in [-0.39, 0.29) is 11.5 Å². The van der Waals surface area contributed by atoms with Crippen LogP contribution in [0.25, 0.3) is 5.65 Å². The van der Waals surface area contributed by atoms with Gasteiger partial charge in [0.25, 0.3) is 5.56 Å². The minimum atomic E-state index is -0.102. The molecule has 0 atom stereocenters. The van der Waals surface area contributed by atoms with Crippen LogP contribution in [0.2, 0.25) is 0 Å². The number of nitrogens with zero attached hydrogens (tertiary/aromatic N) is 2. The van der Waals surface area contributed by atoms with Crippen molar-refractivity contribution >= 4 is 29.0 Å². The van der Waals surface area contributed by atoms with Crippen molar-refractivity contribution in [3.8, 4) is 0 Å². The molecule has 3 aromatic rings. The third-order valence-corrected chi connectivity index (χ3v) is 5.17. The van der Waals surface area contributed by atoms with E-state index in [4.69, 9.17) is 0 Å². The Bertz CT molecular complexity index is 1030. The first-order chi connectivity index (χ1) is 12.9. The summed E-state index contributed by atoms with van der Waals surface area (Å²) in [6, 6.07) is 13.1. The lowest BCUT2D eigenvalue weighted by atomic mass is 10.0. The molecule has 0 aliphatic rings. The smallest absolute Gasteiger partial charge is 0.258 e. The molecule has 0 radical (unpaired) electrons. The highest BCUT2D eigenvalue weighted by Crippen LogP contribution is 2.24. The first kappa shape index (κ1) is 19.2. The summed E-state index contributed by atoms with van der Waals surface area (Å²) >= 11 is 1.45. The zero-order valence-corrected chi connectivity index (χ0v) is 16.5. The van der Waals surface area contributed by atoms with Gasteiger partial charge in [-0.3, -0.25) is 14.0 Å². The van der Waals surface area contributed by atoms with Crippen molar-refractivity contribution in [1.82, 2.24) is 9.38 Å². The van der Waals surface area contributed by atoms with Gasteiger partial charge in [-0.1, -0.05) is 38.1 Å². The Kier molecular flexibility index (Phi) is 5.96. The fraction of sp³-hybridized carbons (Fsp3) is 0.286. The lowest BCUT2D eigenvalue weighted by Crippen LogP contribution is -2.17. The van der Waals surface area contributed by atoms with E-state index in [1.807, 2.05) is 43.3 Å². The summed E-state index contributed by atoms with van der Waals surface area (Å²) < 4.78 is 1.54. The zero-order chi connectivity index (χ0) is 19.4. The second-order valence-corrected chi connectivity index (χ2v) is 7.79. The van der Waals surface area contributed by atoms with Gasteiger partial charge < -0.3 is 5.32 Å². The molecule has 0 bridgehead atoms. The lowest BCUT2D eigenvalue weighted by Gasteiger charge is -2.13. The van der Waals surface area contributed by atoms with Gasteiger partial charge in [0.2, 0.25) is 5.91 Å². The van der Waals surface area contributed by atoms with Gasteiger partial charge in [0.15, 0.2) is 0 Å². The predicted molar refractivity (Wildman–Crippen MR) is 112 cm³/mol. The molecule has 2 heterocycles. The predicted octanol–water partition coefficient (Wildman–Crippen LogP) is 4.00. The molecule has 27 heavy (non-hydrogen) atoms. The van der Waals surface area contributed by atoms with Crippen LogP contribution in [-0.4, -0.2) is 21.0 Å². The molecule has 0 aliphatic heterocycles. The molecule has 0 saturated heterocycles. The molecule has 1 aromatic carbocycles. The molecule has 0 unspecified atom stereocenters. The van der Waals surface area contributed by atoms with Gasteiger partial charge in [-0.25, -0.2) is 4.98 Å². The van der Waals surface area contributed by atoms with Crippen molar-refractivity contribution in [2.24, 2.45) is 0 Å². The third-order valence-electron chi connectivity index (χ3n) is 4.20. The van der Waals surface area contributed by atoms with E-state index in [1.54, 1.807) is 10.6 Å². The van der Waals surface area contributed by atoms with Crippen molar-refractivity contribution in [3.05, 3.63) is 75.8 Å². The van der Waals surface area contributed by atoms with Crippen LogP contribution in [0.3, 0.4) is 0 Å². The monoisotopic (exact) mass is 381 g/mol. The number of aromatic nitrogens is 2. The SMILES string of the molecule is Cc1ccc2nc(CSCC(=O)Nc3ccccc3C(C)C)cc(=O)n2c1. The van der Waals surface area contributed by atoms with E-state index < -0.39 is 0 Å². The number of pyridine rings is 1. The molecule has 0 aliphatic carbocycles. The van der Waals surface area contributed by atoms with E-state index in [2.05, 4.69) is 24.1 Å². The Hall–Kier alpha value is -2.60. The second-order valence-electron chi connectivity index (χ2n) is 6.80. The van der Waals surface area contributed by atoms with Gasteiger partial charge in [-0.15, -0.1) is 11.8 Å². The van der Waals surface area contributed by atoms with Gasteiger partial charge in [0.05, 0.1) is 11.4 Å². The Morgan fingerprint density at radius 3 is 2.78 bits per heavy atom. The standard InChI is InChI=1S/C21H23N3O2S/c1-14(2)17-6-4-5-7-18(17)23-20(25)13-27-12-16-10-21(26)24-11-15(3)8-9-19(24)22-16/h4-11,14H,12-13H2,1-3H3,(H,23,25). The van der Waals surface area contributed by atoms with Gasteiger partial charge >= 0.3 is 0 Å². The minimum Gasteiger partial charge on any atom is -0.325 e. The Labute approximate surface area is 162 Å². The molecule has 0 saturated carbocycles. The maximum absolute atomic E-state index is 12.3. The zero-order valence-electron chi connectivity index (χ0n) is 15.7. The number of anilines is 1. The Morgan fingerprint density at radius 2 is 2.00 bits per heavy atom. The molecule has 0 spiro atoms. The Morgan fingerprint density at radius 1 is 1.22 bits per heavy atom. The first-order valence-electron chi connectivity index (χ1n) is 8.89. The number of para-hydroxylation sites is 1. The van der Waals surface area contributed by atoms with Crippen LogP contribution in [-0.2, 0) is 10.5 Å². The van der Waals surface area contributed by atoms with Crippen molar-refractivity contribution < 1.29 is 4.79 Å². The van der Waals surface area contributed by atoms with E-state index in [0.717, 1.165) is 16.8 Å². The summed E-state index contributed by atoms with van der Waals surface area (Å²) in [5, 5.41) is 2.98. The van der Waals surface area contributed by atoms with Crippen LogP contribution in [0.4, 0.5) is 5.69 Å². The number of thioether (sulfide) groups is 1. The number of fused-ring (bicyclic) bond motifs is 1. The molecule has 3 rings (SSSR count). The summed E-state index contributed by atoms with van der Waals surface area (Å²) in [7, 11) is 0. The summed E-state index contributed by atoms with van der Waals surface area (Å²) in [6.07, 6.45) is 1.78. The van der Waals surface area contributed by atoms with Crippen LogP contribution in [0.5, 0.6) is 0 Å². The van der Waals surface area contributed by atoms with Gasteiger partial charge in [0, 0.05) is 23.7 Å². The van der Waals surface area contributed by atoms with Crippen LogP contribution >= 0.6 is 11.8 Å². The van der Waals surface area contributed by atoms with E-state index in [9.17, 15) is 9.59 Å². The van der Waals surface area contributed by atoms with Crippen molar-refractivity contribution in [3.63, 3.8) is 0 Å². The highest BCUT2D eigenvalue weighted by atomic mass is 32.2. The number of hydrogen-bond donors (Lipinski definition) is 1. The molecule has 1 amide bonds. The normalized spacial score (nSPS) is 11.1. The van der Waals surface area contributed by atoms with Crippen LogP contribution < -0.4 is 10.9 Å². The minimum absolute atomic E-state index is 0.0544.